The number of aryl methyl sites for hydroxylation is 1. The minimum atomic E-state index is -1.22. The molecule has 0 unspecified atom stereocenters. The summed E-state index contributed by atoms with van der Waals surface area (Å²) >= 11 is 3.45. The highest BCUT2D eigenvalue weighted by atomic mass is 79.9. The van der Waals surface area contributed by atoms with E-state index in [1.54, 1.807) is 23.1 Å². The van der Waals surface area contributed by atoms with Crippen LogP contribution in [0.15, 0.2) is 108 Å². The first-order valence-electron chi connectivity index (χ1n) is 13.0. The number of carbonyl (C=O) groups is 3. The number of anilines is 2. The van der Waals surface area contributed by atoms with Crippen LogP contribution in [0.3, 0.4) is 0 Å². The van der Waals surface area contributed by atoms with Crippen LogP contribution < -0.4 is 9.80 Å². The minimum Gasteiger partial charge on any atom is -0.307 e. The molecule has 4 aromatic rings. The second kappa shape index (κ2) is 9.93. The number of fused-ring (bicyclic) bond motifs is 1. The standard InChI is InChI=1S/C33H27BrN2O3/c1-22-15-16-29-27(17-22)33(20-23-9-4-2-5-10-23,32(39)35(29)21-24-11-6-3-7-12-24)28-19-30(37)36(31(28)38)26-14-8-13-25(34)18-26/h2-18,28H,19-21H2,1H3/t28-,33+/m0/s1. The summed E-state index contributed by atoms with van der Waals surface area (Å²) in [6.45, 7) is 2.38. The van der Waals surface area contributed by atoms with Crippen LogP contribution in [0.4, 0.5) is 11.4 Å². The van der Waals surface area contributed by atoms with Gasteiger partial charge in [0, 0.05) is 16.6 Å². The lowest BCUT2D eigenvalue weighted by molar-refractivity contribution is -0.131. The Bertz CT molecular complexity index is 1590. The van der Waals surface area contributed by atoms with Crippen molar-refractivity contribution in [3.8, 4) is 0 Å². The van der Waals surface area contributed by atoms with Gasteiger partial charge in [-0.25, -0.2) is 0 Å². The van der Waals surface area contributed by atoms with Gasteiger partial charge in [0.1, 0.15) is 0 Å². The highest BCUT2D eigenvalue weighted by molar-refractivity contribution is 9.10. The average Bonchev–Trinajstić information content (AvgIpc) is 3.35. The van der Waals surface area contributed by atoms with Gasteiger partial charge in [-0.2, -0.15) is 0 Å². The van der Waals surface area contributed by atoms with Crippen molar-refractivity contribution in [3.63, 3.8) is 0 Å². The molecule has 6 rings (SSSR count). The van der Waals surface area contributed by atoms with E-state index < -0.39 is 11.3 Å². The number of amides is 3. The Morgan fingerprint density at radius 3 is 2.21 bits per heavy atom. The molecule has 0 aliphatic carbocycles. The molecule has 1 fully saturated rings. The van der Waals surface area contributed by atoms with Crippen molar-refractivity contribution in [3.05, 3.63) is 130 Å². The molecule has 0 bridgehead atoms. The Morgan fingerprint density at radius 1 is 0.821 bits per heavy atom. The quantitative estimate of drug-likeness (QED) is 0.250. The topological polar surface area (TPSA) is 57.7 Å². The monoisotopic (exact) mass is 578 g/mol. The Morgan fingerprint density at radius 2 is 1.51 bits per heavy atom. The van der Waals surface area contributed by atoms with Gasteiger partial charge in [-0.05, 0) is 54.3 Å². The van der Waals surface area contributed by atoms with Gasteiger partial charge in [0.2, 0.25) is 17.7 Å². The first-order chi connectivity index (χ1) is 18.9. The maximum atomic E-state index is 14.8. The normalized spacial score (nSPS) is 20.6. The van der Waals surface area contributed by atoms with E-state index in [1.807, 2.05) is 91.9 Å². The van der Waals surface area contributed by atoms with Crippen molar-refractivity contribution in [1.82, 2.24) is 0 Å². The zero-order chi connectivity index (χ0) is 27.1. The Hall–Kier alpha value is -4.03. The molecule has 39 heavy (non-hydrogen) atoms. The molecule has 2 aliphatic rings. The molecular formula is C33H27BrN2O3. The Kier molecular flexibility index (Phi) is 6.43. The SMILES string of the molecule is Cc1ccc2c(c1)[C@](Cc1ccccc1)([C@H]1CC(=O)N(c3cccc(Br)c3)C1=O)C(=O)N2Cc1ccccc1. The molecule has 0 aromatic heterocycles. The molecule has 3 amide bonds. The van der Waals surface area contributed by atoms with Crippen molar-refractivity contribution >= 4 is 45.0 Å². The fraction of sp³-hybridized carbons (Fsp3) is 0.182. The van der Waals surface area contributed by atoms with Gasteiger partial charge in [0.05, 0.1) is 23.6 Å². The lowest BCUT2D eigenvalue weighted by atomic mass is 9.66. The summed E-state index contributed by atoms with van der Waals surface area (Å²) in [6.07, 6.45) is 0.293. The molecule has 4 aromatic carbocycles. The van der Waals surface area contributed by atoms with Crippen molar-refractivity contribution in [1.29, 1.82) is 0 Å². The predicted octanol–water partition coefficient (Wildman–Crippen LogP) is 6.36. The lowest BCUT2D eigenvalue weighted by Crippen LogP contribution is -2.50. The summed E-state index contributed by atoms with van der Waals surface area (Å²) in [5.74, 6) is -1.61. The van der Waals surface area contributed by atoms with Gasteiger partial charge >= 0.3 is 0 Å². The highest BCUT2D eigenvalue weighted by Crippen LogP contribution is 2.52. The van der Waals surface area contributed by atoms with Gasteiger partial charge in [0.25, 0.3) is 0 Å². The number of halogens is 1. The van der Waals surface area contributed by atoms with Gasteiger partial charge in [-0.3, -0.25) is 19.3 Å². The second-order valence-electron chi connectivity index (χ2n) is 10.3. The van der Waals surface area contributed by atoms with Crippen LogP contribution in [0.1, 0.15) is 28.7 Å². The summed E-state index contributed by atoms with van der Waals surface area (Å²) in [6, 6.07) is 32.8. The summed E-state index contributed by atoms with van der Waals surface area (Å²) in [7, 11) is 0. The third kappa shape index (κ3) is 4.29. The molecule has 5 nitrogen and oxygen atoms in total. The van der Waals surface area contributed by atoms with E-state index in [9.17, 15) is 14.4 Å². The molecule has 6 heteroatoms. The number of rotatable bonds is 6. The Balaban J connectivity index is 1.52. The number of nitrogens with zero attached hydrogens (tertiary/aromatic N) is 2. The van der Waals surface area contributed by atoms with Crippen LogP contribution in [-0.2, 0) is 32.8 Å². The number of carbonyl (C=O) groups excluding carboxylic acids is 3. The van der Waals surface area contributed by atoms with E-state index in [-0.39, 0.29) is 24.1 Å². The smallest absolute Gasteiger partial charge is 0.239 e. The molecule has 2 aliphatic heterocycles. The molecular weight excluding hydrogens is 552 g/mol. The molecule has 0 saturated carbocycles. The molecule has 0 spiro atoms. The largest absolute Gasteiger partial charge is 0.307 e. The van der Waals surface area contributed by atoms with E-state index in [0.717, 1.165) is 32.4 Å². The molecule has 0 N–H and O–H groups in total. The first-order valence-corrected chi connectivity index (χ1v) is 13.8. The van der Waals surface area contributed by atoms with E-state index in [1.165, 1.54) is 4.90 Å². The predicted molar refractivity (Wildman–Crippen MR) is 155 cm³/mol. The molecule has 2 heterocycles. The van der Waals surface area contributed by atoms with E-state index in [2.05, 4.69) is 15.9 Å². The number of hydrogen-bond acceptors (Lipinski definition) is 3. The van der Waals surface area contributed by atoms with Gasteiger partial charge in [-0.1, -0.05) is 100 Å². The van der Waals surface area contributed by atoms with Crippen LogP contribution in [0.5, 0.6) is 0 Å². The van der Waals surface area contributed by atoms with Crippen LogP contribution in [0.25, 0.3) is 0 Å². The molecule has 2 atom stereocenters. The summed E-state index contributed by atoms with van der Waals surface area (Å²) in [4.78, 5) is 45.5. The van der Waals surface area contributed by atoms with Gasteiger partial charge in [0.15, 0.2) is 0 Å². The Labute approximate surface area is 236 Å². The molecule has 1 saturated heterocycles. The maximum absolute atomic E-state index is 14.8. The van der Waals surface area contributed by atoms with E-state index >= 15 is 0 Å². The highest BCUT2D eigenvalue weighted by Gasteiger charge is 2.61. The summed E-state index contributed by atoms with van der Waals surface area (Å²) < 4.78 is 0.773. The average molecular weight is 579 g/mol. The van der Waals surface area contributed by atoms with Crippen LogP contribution >= 0.6 is 15.9 Å². The number of hydrogen-bond donors (Lipinski definition) is 0. The minimum absolute atomic E-state index is 0.0313. The molecule has 194 valence electrons. The fourth-order valence-corrected chi connectivity index (χ4v) is 6.47. The first kappa shape index (κ1) is 25.3. The maximum Gasteiger partial charge on any atom is 0.239 e. The third-order valence-electron chi connectivity index (χ3n) is 7.87. The van der Waals surface area contributed by atoms with Crippen LogP contribution in [-0.4, -0.2) is 17.7 Å². The zero-order valence-corrected chi connectivity index (χ0v) is 23.1. The summed E-state index contributed by atoms with van der Waals surface area (Å²) in [5, 5.41) is 0. The number of benzene rings is 4. The van der Waals surface area contributed by atoms with Crippen LogP contribution in [0, 0.1) is 12.8 Å². The molecule has 0 radical (unpaired) electrons. The third-order valence-corrected chi connectivity index (χ3v) is 8.36. The van der Waals surface area contributed by atoms with Crippen molar-refractivity contribution in [2.24, 2.45) is 5.92 Å². The zero-order valence-electron chi connectivity index (χ0n) is 21.5. The summed E-state index contributed by atoms with van der Waals surface area (Å²) in [5.41, 5.74) is 3.85. The lowest BCUT2D eigenvalue weighted by Gasteiger charge is -2.34. The van der Waals surface area contributed by atoms with E-state index in [4.69, 9.17) is 0 Å². The van der Waals surface area contributed by atoms with Gasteiger partial charge < -0.3 is 4.90 Å². The second-order valence-corrected chi connectivity index (χ2v) is 11.3. The van der Waals surface area contributed by atoms with Crippen molar-refractivity contribution in [2.45, 2.75) is 31.7 Å². The van der Waals surface area contributed by atoms with Crippen molar-refractivity contribution < 1.29 is 14.4 Å². The fourth-order valence-electron chi connectivity index (χ4n) is 6.08. The number of imide groups is 1. The van der Waals surface area contributed by atoms with Crippen molar-refractivity contribution in [2.75, 3.05) is 9.80 Å². The van der Waals surface area contributed by atoms with Crippen LogP contribution in [0.2, 0.25) is 0 Å². The van der Waals surface area contributed by atoms with E-state index in [0.29, 0.717) is 18.7 Å². The van der Waals surface area contributed by atoms with Gasteiger partial charge in [-0.15, -0.1) is 0 Å².